The second-order valence-electron chi connectivity index (χ2n) is 4.51. The molecule has 1 atom stereocenters. The molecule has 3 nitrogen and oxygen atoms in total. The van der Waals surface area contributed by atoms with Crippen LogP contribution in [0.3, 0.4) is 0 Å². The van der Waals surface area contributed by atoms with Gasteiger partial charge in [0.2, 0.25) is 0 Å². The molecule has 0 spiro atoms. The smallest absolute Gasteiger partial charge is 0.138 e. The van der Waals surface area contributed by atoms with Crippen molar-refractivity contribution in [2.75, 3.05) is 7.11 Å². The van der Waals surface area contributed by atoms with Gasteiger partial charge in [-0.1, -0.05) is 29.8 Å². The summed E-state index contributed by atoms with van der Waals surface area (Å²) in [6.45, 7) is 2.10. The van der Waals surface area contributed by atoms with Crippen LogP contribution in [0.2, 0.25) is 5.02 Å². The lowest BCUT2D eigenvalue weighted by Gasteiger charge is -2.11. The molecule has 106 valence electrons. The minimum atomic E-state index is -0.542. The van der Waals surface area contributed by atoms with Crippen molar-refractivity contribution in [2.45, 2.75) is 19.6 Å². The molecule has 0 saturated heterocycles. The maximum Gasteiger partial charge on any atom is 0.138 e. The number of rotatable bonds is 5. The lowest BCUT2D eigenvalue weighted by molar-refractivity contribution is 0.199. The maximum atomic E-state index is 9.49. The third-order valence-electron chi connectivity index (χ3n) is 2.97. The largest absolute Gasteiger partial charge is 0.497 e. The van der Waals surface area contributed by atoms with Crippen LogP contribution in [-0.4, -0.2) is 12.2 Å². The molecule has 0 bridgehead atoms. The van der Waals surface area contributed by atoms with Crippen LogP contribution in [0.25, 0.3) is 0 Å². The van der Waals surface area contributed by atoms with E-state index in [0.29, 0.717) is 17.4 Å². The number of benzene rings is 2. The highest BCUT2D eigenvalue weighted by molar-refractivity contribution is 6.32. The molecule has 1 N–H and O–H groups in total. The molecule has 0 unspecified atom stereocenters. The average molecular weight is 293 g/mol. The van der Waals surface area contributed by atoms with E-state index in [9.17, 15) is 5.11 Å². The molecule has 0 saturated carbocycles. The Morgan fingerprint density at radius 1 is 1.20 bits per heavy atom. The predicted molar refractivity (Wildman–Crippen MR) is 79.4 cm³/mol. The van der Waals surface area contributed by atoms with E-state index in [4.69, 9.17) is 21.1 Å². The summed E-state index contributed by atoms with van der Waals surface area (Å²) in [5.74, 6) is 1.39. The summed E-state index contributed by atoms with van der Waals surface area (Å²) in [5, 5.41) is 9.98. The Balaban J connectivity index is 2.07. The molecule has 0 fully saturated rings. The van der Waals surface area contributed by atoms with Crippen molar-refractivity contribution in [1.29, 1.82) is 0 Å². The Morgan fingerprint density at radius 3 is 2.65 bits per heavy atom. The van der Waals surface area contributed by atoms with Gasteiger partial charge in [0.05, 0.1) is 18.2 Å². The van der Waals surface area contributed by atoms with Gasteiger partial charge in [0.1, 0.15) is 18.1 Å². The quantitative estimate of drug-likeness (QED) is 0.906. The van der Waals surface area contributed by atoms with Gasteiger partial charge in [0, 0.05) is 0 Å². The van der Waals surface area contributed by atoms with Crippen LogP contribution in [0.15, 0.2) is 42.5 Å². The number of aliphatic hydroxyl groups is 1. The second kappa shape index (κ2) is 6.64. The number of aliphatic hydroxyl groups excluding tert-OH is 1. The zero-order valence-electron chi connectivity index (χ0n) is 11.5. The van der Waals surface area contributed by atoms with Crippen LogP contribution in [0.5, 0.6) is 11.5 Å². The fraction of sp³-hybridized carbons (Fsp3) is 0.250. The highest BCUT2D eigenvalue weighted by Crippen LogP contribution is 2.28. The third-order valence-corrected chi connectivity index (χ3v) is 3.26. The van der Waals surface area contributed by atoms with Gasteiger partial charge in [0.25, 0.3) is 0 Å². The topological polar surface area (TPSA) is 38.7 Å². The summed E-state index contributed by atoms with van der Waals surface area (Å²) in [4.78, 5) is 0. The minimum absolute atomic E-state index is 0.408. The first kappa shape index (κ1) is 14.7. The van der Waals surface area contributed by atoms with Crippen LogP contribution >= 0.6 is 11.6 Å². The lowest BCUT2D eigenvalue weighted by Crippen LogP contribution is -1.98. The zero-order valence-corrected chi connectivity index (χ0v) is 12.2. The van der Waals surface area contributed by atoms with E-state index in [1.807, 2.05) is 24.3 Å². The van der Waals surface area contributed by atoms with E-state index in [1.165, 1.54) is 0 Å². The van der Waals surface area contributed by atoms with Crippen LogP contribution < -0.4 is 9.47 Å². The molecule has 0 aliphatic carbocycles. The van der Waals surface area contributed by atoms with Crippen LogP contribution in [0.4, 0.5) is 0 Å². The Labute approximate surface area is 123 Å². The van der Waals surface area contributed by atoms with Gasteiger partial charge < -0.3 is 14.6 Å². The van der Waals surface area contributed by atoms with Gasteiger partial charge in [-0.05, 0) is 42.3 Å². The van der Waals surface area contributed by atoms with Crippen LogP contribution in [0, 0.1) is 0 Å². The van der Waals surface area contributed by atoms with Crippen molar-refractivity contribution in [2.24, 2.45) is 0 Å². The highest BCUT2D eigenvalue weighted by atomic mass is 35.5. The molecule has 0 radical (unpaired) electrons. The first-order valence-corrected chi connectivity index (χ1v) is 6.71. The number of ether oxygens (including phenoxy) is 2. The fourth-order valence-corrected chi connectivity index (χ4v) is 2.06. The number of methoxy groups -OCH3 is 1. The van der Waals surface area contributed by atoms with Crippen molar-refractivity contribution >= 4 is 11.6 Å². The van der Waals surface area contributed by atoms with E-state index in [0.717, 1.165) is 16.9 Å². The molecule has 0 amide bonds. The van der Waals surface area contributed by atoms with Gasteiger partial charge >= 0.3 is 0 Å². The van der Waals surface area contributed by atoms with Crippen LogP contribution in [-0.2, 0) is 6.61 Å². The van der Waals surface area contributed by atoms with Crippen molar-refractivity contribution < 1.29 is 14.6 Å². The number of halogens is 1. The first-order valence-electron chi connectivity index (χ1n) is 6.33. The SMILES string of the molecule is COc1cccc(COc2ccc([C@@H](C)O)cc2Cl)c1. The normalized spacial score (nSPS) is 12.0. The molecule has 0 aliphatic heterocycles. The number of hydrogen-bond donors (Lipinski definition) is 1. The monoisotopic (exact) mass is 292 g/mol. The molecule has 2 aromatic carbocycles. The summed E-state index contributed by atoms with van der Waals surface area (Å²) in [7, 11) is 1.63. The lowest BCUT2D eigenvalue weighted by atomic mass is 10.1. The molecule has 0 aliphatic rings. The Morgan fingerprint density at radius 2 is 2.00 bits per heavy atom. The molecule has 0 aromatic heterocycles. The molecule has 2 aromatic rings. The summed E-state index contributed by atoms with van der Waals surface area (Å²) in [6.07, 6.45) is -0.542. The molecule has 2 rings (SSSR count). The Bertz CT molecular complexity index is 582. The Kier molecular flexibility index (Phi) is 4.88. The van der Waals surface area contributed by atoms with Crippen molar-refractivity contribution in [3.63, 3.8) is 0 Å². The van der Waals surface area contributed by atoms with Crippen molar-refractivity contribution in [3.8, 4) is 11.5 Å². The van der Waals surface area contributed by atoms with Gasteiger partial charge in [0.15, 0.2) is 0 Å². The van der Waals surface area contributed by atoms with Gasteiger partial charge in [-0.3, -0.25) is 0 Å². The van der Waals surface area contributed by atoms with Crippen molar-refractivity contribution in [1.82, 2.24) is 0 Å². The second-order valence-corrected chi connectivity index (χ2v) is 4.91. The van der Waals surface area contributed by atoms with E-state index in [2.05, 4.69) is 0 Å². The molecular weight excluding hydrogens is 276 g/mol. The van der Waals surface area contributed by atoms with E-state index < -0.39 is 6.10 Å². The predicted octanol–water partition coefficient (Wildman–Crippen LogP) is 3.98. The average Bonchev–Trinajstić information content (AvgIpc) is 2.46. The maximum absolute atomic E-state index is 9.49. The Hall–Kier alpha value is -1.71. The van der Waals surface area contributed by atoms with E-state index >= 15 is 0 Å². The highest BCUT2D eigenvalue weighted by Gasteiger charge is 2.07. The van der Waals surface area contributed by atoms with E-state index in [-0.39, 0.29) is 0 Å². The van der Waals surface area contributed by atoms with Crippen LogP contribution in [0.1, 0.15) is 24.2 Å². The van der Waals surface area contributed by atoms with Gasteiger partial charge in [-0.15, -0.1) is 0 Å². The third kappa shape index (κ3) is 3.65. The molecule has 0 heterocycles. The minimum Gasteiger partial charge on any atom is -0.497 e. The first-order chi connectivity index (χ1) is 9.60. The standard InChI is InChI=1S/C16H17ClO3/c1-11(18)13-6-7-16(15(17)9-13)20-10-12-4-3-5-14(8-12)19-2/h3-9,11,18H,10H2,1-2H3/t11-/m1/s1. The zero-order chi connectivity index (χ0) is 14.5. The van der Waals surface area contributed by atoms with Crippen molar-refractivity contribution in [3.05, 3.63) is 58.6 Å². The van der Waals surface area contributed by atoms with E-state index in [1.54, 1.807) is 32.2 Å². The van der Waals surface area contributed by atoms with Gasteiger partial charge in [-0.25, -0.2) is 0 Å². The number of hydrogen-bond acceptors (Lipinski definition) is 3. The molecule has 20 heavy (non-hydrogen) atoms. The fourth-order valence-electron chi connectivity index (χ4n) is 1.82. The van der Waals surface area contributed by atoms with Gasteiger partial charge in [-0.2, -0.15) is 0 Å². The summed E-state index contributed by atoms with van der Waals surface area (Å²) >= 11 is 6.14. The summed E-state index contributed by atoms with van der Waals surface area (Å²) in [6, 6.07) is 13.0. The summed E-state index contributed by atoms with van der Waals surface area (Å²) in [5.41, 5.74) is 1.77. The molecule has 4 heteroatoms. The molecular formula is C16H17ClO3. The summed E-state index contributed by atoms with van der Waals surface area (Å²) < 4.78 is 10.9.